The van der Waals surface area contributed by atoms with E-state index in [1.165, 1.54) is 0 Å². The van der Waals surface area contributed by atoms with E-state index in [4.69, 9.17) is 10.5 Å². The second-order valence-electron chi connectivity index (χ2n) is 5.02. The monoisotopic (exact) mass is 266 g/mol. The van der Waals surface area contributed by atoms with Gasteiger partial charge in [0.1, 0.15) is 6.61 Å². The van der Waals surface area contributed by atoms with Crippen molar-refractivity contribution in [2.75, 3.05) is 33.4 Å². The van der Waals surface area contributed by atoms with Gasteiger partial charge in [-0.25, -0.2) is 0 Å². The van der Waals surface area contributed by atoms with Crippen molar-refractivity contribution < 1.29 is 9.53 Å². The van der Waals surface area contributed by atoms with Crippen LogP contribution < -0.4 is 5.73 Å². The van der Waals surface area contributed by atoms with Gasteiger partial charge in [0.2, 0.25) is 5.91 Å². The van der Waals surface area contributed by atoms with E-state index in [2.05, 4.69) is 20.8 Å². The van der Waals surface area contributed by atoms with Gasteiger partial charge < -0.3 is 15.4 Å². The predicted octanol–water partition coefficient (Wildman–Crippen LogP) is 1.67. The molecule has 0 radical (unpaired) electrons. The van der Waals surface area contributed by atoms with Gasteiger partial charge in [-0.2, -0.15) is 0 Å². The highest BCUT2D eigenvalue weighted by Crippen LogP contribution is 2.13. The molecule has 0 aliphatic rings. The first-order valence-electron chi connectivity index (χ1n) is 5.94. The summed E-state index contributed by atoms with van der Waals surface area (Å²) < 4.78 is 5.28. The van der Waals surface area contributed by atoms with Crippen LogP contribution in [-0.4, -0.2) is 44.2 Å². The summed E-state index contributed by atoms with van der Waals surface area (Å²) in [4.78, 5) is 13.4. The van der Waals surface area contributed by atoms with Gasteiger partial charge in [-0.05, 0) is 18.4 Å². The first-order valence-corrected chi connectivity index (χ1v) is 5.94. The Bertz CT molecular complexity index is 211. The van der Waals surface area contributed by atoms with Crippen LogP contribution in [0.25, 0.3) is 0 Å². The van der Waals surface area contributed by atoms with E-state index in [0.717, 1.165) is 12.8 Å². The minimum Gasteiger partial charge on any atom is -0.372 e. The number of carbonyl (C=O) groups excluding carboxylic acids is 1. The van der Waals surface area contributed by atoms with Crippen molar-refractivity contribution in [3.63, 3.8) is 0 Å². The van der Waals surface area contributed by atoms with Gasteiger partial charge in [0.25, 0.3) is 0 Å². The maximum Gasteiger partial charge on any atom is 0.248 e. The topological polar surface area (TPSA) is 55.6 Å². The summed E-state index contributed by atoms with van der Waals surface area (Å²) in [6.45, 7) is 8.28. The predicted molar refractivity (Wildman–Crippen MR) is 73.4 cm³/mol. The highest BCUT2D eigenvalue weighted by atomic mass is 35.5. The number of nitrogens with two attached hydrogens (primary N) is 1. The standard InChI is InChI=1S/C12H26N2O2.ClH/c1-5-6-7-16-8-11(15)14(4)10-12(2,3)9-13;/h5-10,13H2,1-4H3;1H. The molecule has 0 heterocycles. The first kappa shape index (κ1) is 19.0. The Morgan fingerprint density at radius 2 is 2.00 bits per heavy atom. The normalized spacial score (nSPS) is 10.9. The van der Waals surface area contributed by atoms with E-state index >= 15 is 0 Å². The molecular formula is C12H27ClN2O2. The van der Waals surface area contributed by atoms with Crippen LogP contribution in [0.5, 0.6) is 0 Å². The number of rotatable bonds is 8. The molecule has 0 fully saturated rings. The lowest BCUT2D eigenvalue weighted by molar-refractivity contribution is -0.136. The van der Waals surface area contributed by atoms with Crippen LogP contribution >= 0.6 is 12.4 Å². The summed E-state index contributed by atoms with van der Waals surface area (Å²) in [5.74, 6) is 0.0256. The zero-order valence-corrected chi connectivity index (χ0v) is 12.3. The molecule has 0 unspecified atom stereocenters. The molecule has 4 nitrogen and oxygen atoms in total. The molecule has 0 bridgehead atoms. The third-order valence-corrected chi connectivity index (χ3v) is 2.51. The molecule has 0 spiro atoms. The third kappa shape index (κ3) is 9.39. The first-order chi connectivity index (χ1) is 7.43. The maximum atomic E-state index is 11.7. The van der Waals surface area contributed by atoms with Crippen molar-refractivity contribution in [3.05, 3.63) is 0 Å². The van der Waals surface area contributed by atoms with E-state index in [-0.39, 0.29) is 30.3 Å². The van der Waals surface area contributed by atoms with E-state index in [9.17, 15) is 4.79 Å². The summed E-state index contributed by atoms with van der Waals surface area (Å²) >= 11 is 0. The van der Waals surface area contributed by atoms with Gasteiger partial charge in [0, 0.05) is 20.2 Å². The fourth-order valence-electron chi connectivity index (χ4n) is 1.31. The minimum absolute atomic E-state index is 0. The van der Waals surface area contributed by atoms with Crippen LogP contribution in [0, 0.1) is 5.41 Å². The molecule has 1 amide bonds. The number of unbranched alkanes of at least 4 members (excludes halogenated alkanes) is 1. The van der Waals surface area contributed by atoms with Crippen LogP contribution in [0.1, 0.15) is 33.6 Å². The van der Waals surface area contributed by atoms with Gasteiger partial charge in [-0.1, -0.05) is 27.2 Å². The molecule has 0 rings (SSSR count). The van der Waals surface area contributed by atoms with Gasteiger partial charge in [0.05, 0.1) is 0 Å². The summed E-state index contributed by atoms with van der Waals surface area (Å²) in [6.07, 6.45) is 2.09. The molecule has 17 heavy (non-hydrogen) atoms. The Hall–Kier alpha value is -0.320. The molecule has 5 heteroatoms. The van der Waals surface area contributed by atoms with Gasteiger partial charge in [0.15, 0.2) is 0 Å². The van der Waals surface area contributed by atoms with Crippen molar-refractivity contribution >= 4 is 18.3 Å². The quantitative estimate of drug-likeness (QED) is 0.680. The Balaban J connectivity index is 0. The van der Waals surface area contributed by atoms with Crippen molar-refractivity contribution in [3.8, 4) is 0 Å². The average Bonchev–Trinajstić information content (AvgIpc) is 2.23. The number of hydrogen-bond donors (Lipinski definition) is 1. The number of nitrogens with zero attached hydrogens (tertiary/aromatic N) is 1. The van der Waals surface area contributed by atoms with Crippen molar-refractivity contribution in [1.82, 2.24) is 4.90 Å². The van der Waals surface area contributed by atoms with Crippen LogP contribution in [0.2, 0.25) is 0 Å². The van der Waals surface area contributed by atoms with E-state index < -0.39 is 0 Å². The van der Waals surface area contributed by atoms with Crippen LogP contribution in [0.3, 0.4) is 0 Å². The lowest BCUT2D eigenvalue weighted by Crippen LogP contribution is -2.41. The highest BCUT2D eigenvalue weighted by molar-refractivity contribution is 5.85. The molecule has 0 aliphatic carbocycles. The molecule has 0 saturated carbocycles. The second kappa shape index (κ2) is 9.68. The largest absolute Gasteiger partial charge is 0.372 e. The number of carbonyl (C=O) groups is 1. The zero-order valence-electron chi connectivity index (χ0n) is 11.5. The molecule has 0 aromatic carbocycles. The minimum atomic E-state index is -0.0339. The molecule has 0 aromatic heterocycles. The van der Waals surface area contributed by atoms with Gasteiger partial charge >= 0.3 is 0 Å². The van der Waals surface area contributed by atoms with E-state index in [0.29, 0.717) is 19.7 Å². The van der Waals surface area contributed by atoms with Crippen LogP contribution in [0.4, 0.5) is 0 Å². The highest BCUT2D eigenvalue weighted by Gasteiger charge is 2.20. The Kier molecular flexibility index (Phi) is 10.8. The lowest BCUT2D eigenvalue weighted by Gasteiger charge is -2.29. The molecule has 0 aliphatic heterocycles. The van der Waals surface area contributed by atoms with Gasteiger partial charge in [-0.3, -0.25) is 4.79 Å². The van der Waals surface area contributed by atoms with Crippen LogP contribution in [0.15, 0.2) is 0 Å². The molecule has 0 saturated heterocycles. The second-order valence-corrected chi connectivity index (χ2v) is 5.02. The lowest BCUT2D eigenvalue weighted by atomic mass is 9.93. The summed E-state index contributed by atoms with van der Waals surface area (Å²) in [5.41, 5.74) is 5.59. The number of ether oxygens (including phenoxy) is 1. The summed E-state index contributed by atoms with van der Waals surface area (Å²) in [6, 6.07) is 0. The maximum absolute atomic E-state index is 11.7. The van der Waals surface area contributed by atoms with E-state index in [1.54, 1.807) is 11.9 Å². The van der Waals surface area contributed by atoms with Crippen LogP contribution in [-0.2, 0) is 9.53 Å². The van der Waals surface area contributed by atoms with Gasteiger partial charge in [-0.15, -0.1) is 12.4 Å². The molecule has 0 atom stereocenters. The van der Waals surface area contributed by atoms with Crippen molar-refractivity contribution in [2.45, 2.75) is 33.6 Å². The fourth-order valence-corrected chi connectivity index (χ4v) is 1.31. The zero-order chi connectivity index (χ0) is 12.6. The number of halogens is 1. The third-order valence-electron chi connectivity index (χ3n) is 2.51. The molecule has 2 N–H and O–H groups in total. The SMILES string of the molecule is CCCCOCC(=O)N(C)CC(C)(C)CN.Cl. The number of likely N-dealkylation sites (N-methyl/N-ethyl adjacent to an activating group) is 1. The molecule has 0 aromatic rings. The Morgan fingerprint density at radius 1 is 1.41 bits per heavy atom. The Labute approximate surface area is 111 Å². The molecular weight excluding hydrogens is 240 g/mol. The number of hydrogen-bond acceptors (Lipinski definition) is 3. The van der Waals surface area contributed by atoms with Crippen molar-refractivity contribution in [2.24, 2.45) is 11.1 Å². The average molecular weight is 267 g/mol. The molecule has 104 valence electrons. The summed E-state index contributed by atoms with van der Waals surface area (Å²) in [5, 5.41) is 0. The van der Waals surface area contributed by atoms with Crippen molar-refractivity contribution in [1.29, 1.82) is 0 Å². The smallest absolute Gasteiger partial charge is 0.248 e. The number of amides is 1. The summed E-state index contributed by atoms with van der Waals surface area (Å²) in [7, 11) is 1.79. The Morgan fingerprint density at radius 3 is 2.47 bits per heavy atom. The fraction of sp³-hybridized carbons (Fsp3) is 0.917. The van der Waals surface area contributed by atoms with E-state index in [1.807, 2.05) is 0 Å².